The Morgan fingerprint density at radius 1 is 1.43 bits per heavy atom. The van der Waals surface area contributed by atoms with E-state index in [-0.39, 0.29) is 4.47 Å². The average Bonchev–Trinajstić information content (AvgIpc) is 2.10. The van der Waals surface area contributed by atoms with Crippen molar-refractivity contribution in [3.8, 4) is 0 Å². The summed E-state index contributed by atoms with van der Waals surface area (Å²) < 4.78 is 83.3. The molecule has 0 aliphatic carbocycles. The van der Waals surface area contributed by atoms with E-state index in [4.69, 9.17) is 8.22 Å². The van der Waals surface area contributed by atoms with Crippen molar-refractivity contribution in [2.24, 2.45) is 0 Å². The van der Waals surface area contributed by atoms with Crippen LogP contribution in [0, 0.1) is 0 Å². The Morgan fingerprint density at radius 3 is 2.50 bits per heavy atom. The van der Waals surface area contributed by atoms with Gasteiger partial charge in [-0.3, -0.25) is 4.98 Å². The highest BCUT2D eigenvalue weighted by atomic mass is 79.9. The van der Waals surface area contributed by atoms with E-state index in [1.54, 1.807) is 0 Å². The minimum absolute atomic E-state index is 0.102. The molecule has 78 valence electrons. The summed E-state index contributed by atoms with van der Waals surface area (Å²) in [6.07, 6.45) is -4.62. The van der Waals surface area contributed by atoms with Gasteiger partial charge in [-0.05, 0) is 25.8 Å². The Morgan fingerprint density at radius 2 is 2.07 bits per heavy atom. The fourth-order valence-corrected chi connectivity index (χ4v) is 1.09. The SMILES string of the molecule is [2H]C([2H])([2H])C(c1cc(Br)ccn1)(C([2H])([2H])[2H])C(F)(F)F. The molecule has 0 fully saturated rings. The second-order valence-corrected chi connectivity index (χ2v) is 3.52. The second kappa shape index (κ2) is 3.53. The highest BCUT2D eigenvalue weighted by Gasteiger charge is 2.49. The summed E-state index contributed by atoms with van der Waals surface area (Å²) in [5.41, 5.74) is -5.11. The van der Waals surface area contributed by atoms with Crippen molar-refractivity contribution in [3.05, 3.63) is 28.5 Å². The third-order valence-electron chi connectivity index (χ3n) is 1.53. The number of pyridine rings is 1. The molecule has 1 nitrogen and oxygen atoms in total. The van der Waals surface area contributed by atoms with Gasteiger partial charge in [0.1, 0.15) is 5.41 Å². The van der Waals surface area contributed by atoms with Crippen LogP contribution in [0.2, 0.25) is 0 Å². The van der Waals surface area contributed by atoms with Crippen molar-refractivity contribution >= 4 is 15.9 Å². The highest BCUT2D eigenvalue weighted by molar-refractivity contribution is 9.10. The Balaban J connectivity index is 3.82. The lowest BCUT2D eigenvalue weighted by atomic mass is 9.88. The van der Waals surface area contributed by atoms with Gasteiger partial charge < -0.3 is 0 Å². The van der Waals surface area contributed by atoms with E-state index in [2.05, 4.69) is 20.9 Å². The number of alkyl halides is 3. The topological polar surface area (TPSA) is 12.9 Å². The minimum atomic E-state index is -5.53. The number of halogens is 4. The molecule has 0 radical (unpaired) electrons. The number of nitrogens with zero attached hydrogens (tertiary/aromatic N) is 1. The van der Waals surface area contributed by atoms with Gasteiger partial charge in [0.15, 0.2) is 0 Å². The van der Waals surface area contributed by atoms with Gasteiger partial charge in [-0.1, -0.05) is 15.9 Å². The molecule has 0 aliphatic rings. The predicted molar refractivity (Wildman–Crippen MR) is 51.0 cm³/mol. The molecule has 0 atom stereocenters. The number of rotatable bonds is 1. The van der Waals surface area contributed by atoms with Gasteiger partial charge >= 0.3 is 6.18 Å². The fraction of sp³-hybridized carbons (Fsp3) is 0.444. The number of aromatic nitrogens is 1. The Kier molecular flexibility index (Phi) is 1.38. The second-order valence-electron chi connectivity index (χ2n) is 2.61. The van der Waals surface area contributed by atoms with Gasteiger partial charge in [-0.15, -0.1) is 0 Å². The molecule has 0 N–H and O–H groups in total. The van der Waals surface area contributed by atoms with E-state index < -0.39 is 31.0 Å². The first kappa shape index (κ1) is 5.49. The Hall–Kier alpha value is -0.580. The number of hydrogen-bond donors (Lipinski definition) is 0. The van der Waals surface area contributed by atoms with Crippen LogP contribution in [0.15, 0.2) is 22.8 Å². The molecule has 0 aromatic carbocycles. The zero-order valence-electron chi connectivity index (χ0n) is 12.7. The van der Waals surface area contributed by atoms with Crippen LogP contribution in [0.5, 0.6) is 0 Å². The standard InChI is InChI=1S/C9H9BrF3N/c1-8(2,9(11,12)13)7-5-6(10)3-4-14-7/h3-5H,1-2H3/i1D3,2D3. The van der Waals surface area contributed by atoms with E-state index in [0.717, 1.165) is 12.3 Å². The zero-order chi connectivity index (χ0) is 16.0. The molecule has 14 heavy (non-hydrogen) atoms. The molecule has 0 bridgehead atoms. The van der Waals surface area contributed by atoms with Crippen LogP contribution in [0.4, 0.5) is 13.2 Å². The van der Waals surface area contributed by atoms with Crippen LogP contribution >= 0.6 is 15.9 Å². The fourth-order valence-electron chi connectivity index (χ4n) is 0.755. The van der Waals surface area contributed by atoms with Crippen molar-refractivity contribution in [2.45, 2.75) is 25.3 Å². The van der Waals surface area contributed by atoms with Crippen LogP contribution in [0.3, 0.4) is 0 Å². The molecule has 1 rings (SSSR count). The predicted octanol–water partition coefficient (Wildman–Crippen LogP) is 3.68. The van der Waals surface area contributed by atoms with Crippen molar-refractivity contribution in [3.63, 3.8) is 0 Å². The summed E-state index contributed by atoms with van der Waals surface area (Å²) in [7, 11) is 0. The molecule has 1 aromatic rings. The summed E-state index contributed by atoms with van der Waals surface area (Å²) >= 11 is 2.88. The van der Waals surface area contributed by atoms with Crippen molar-refractivity contribution in [1.82, 2.24) is 4.98 Å². The maximum absolute atomic E-state index is 13.4. The summed E-state index contributed by atoms with van der Waals surface area (Å²) in [6, 6.07) is 2.02. The first-order valence-electron chi connectivity index (χ1n) is 6.44. The first-order valence-corrected chi connectivity index (χ1v) is 4.23. The Labute approximate surface area is 96.9 Å². The molecule has 1 aromatic heterocycles. The van der Waals surface area contributed by atoms with Gasteiger partial charge in [0.2, 0.25) is 0 Å². The van der Waals surface area contributed by atoms with Crippen LogP contribution in [0.1, 0.15) is 27.6 Å². The molecule has 0 saturated carbocycles. The van der Waals surface area contributed by atoms with Crippen LogP contribution < -0.4 is 0 Å². The maximum Gasteiger partial charge on any atom is 0.399 e. The average molecular weight is 274 g/mol. The zero-order valence-corrected chi connectivity index (χ0v) is 8.28. The van der Waals surface area contributed by atoms with Gasteiger partial charge in [0, 0.05) is 18.9 Å². The Bertz CT molecular complexity index is 460. The summed E-state index contributed by atoms with van der Waals surface area (Å²) in [4.78, 5) is 3.34. The van der Waals surface area contributed by atoms with Crippen molar-refractivity contribution < 1.29 is 21.4 Å². The molecular weight excluding hydrogens is 259 g/mol. The van der Waals surface area contributed by atoms with Crippen LogP contribution in [-0.4, -0.2) is 11.2 Å². The van der Waals surface area contributed by atoms with Gasteiger partial charge in [0.05, 0.1) is 5.69 Å². The quantitative estimate of drug-likeness (QED) is 0.761. The lowest BCUT2D eigenvalue weighted by molar-refractivity contribution is -0.181. The monoisotopic (exact) mass is 273 g/mol. The smallest absolute Gasteiger partial charge is 0.260 e. The first-order chi connectivity index (χ1) is 8.75. The summed E-state index contributed by atoms with van der Waals surface area (Å²) in [5.74, 6) is 0. The van der Waals surface area contributed by atoms with E-state index in [1.165, 1.54) is 6.07 Å². The normalized spacial score (nSPS) is 21.1. The maximum atomic E-state index is 13.4. The van der Waals surface area contributed by atoms with E-state index in [9.17, 15) is 13.2 Å². The molecule has 0 unspecified atom stereocenters. The largest absolute Gasteiger partial charge is 0.399 e. The minimum Gasteiger partial charge on any atom is -0.260 e. The molecule has 0 aliphatic heterocycles. The van der Waals surface area contributed by atoms with Gasteiger partial charge in [-0.2, -0.15) is 13.2 Å². The summed E-state index contributed by atoms with van der Waals surface area (Å²) in [6.45, 7) is -7.69. The van der Waals surface area contributed by atoms with Crippen molar-refractivity contribution in [2.75, 3.05) is 0 Å². The van der Waals surface area contributed by atoms with Gasteiger partial charge in [0.25, 0.3) is 0 Å². The third kappa shape index (κ3) is 2.08. The molecule has 0 saturated heterocycles. The lowest BCUT2D eigenvalue weighted by Gasteiger charge is -2.27. The lowest BCUT2D eigenvalue weighted by Crippen LogP contribution is -2.37. The van der Waals surface area contributed by atoms with E-state index in [1.807, 2.05) is 0 Å². The highest BCUT2D eigenvalue weighted by Crippen LogP contribution is 2.39. The molecule has 0 amide bonds. The number of hydrogen-bond acceptors (Lipinski definition) is 1. The molecule has 5 heteroatoms. The van der Waals surface area contributed by atoms with Crippen LogP contribution in [0.25, 0.3) is 0 Å². The summed E-state index contributed by atoms with van der Waals surface area (Å²) in [5, 5.41) is 0. The molecule has 0 spiro atoms. The van der Waals surface area contributed by atoms with Gasteiger partial charge in [-0.25, -0.2) is 0 Å². The molecule has 1 heterocycles. The third-order valence-corrected chi connectivity index (χ3v) is 2.02. The van der Waals surface area contributed by atoms with Crippen LogP contribution in [-0.2, 0) is 5.41 Å². The molecular formula is C9H9BrF3N. The van der Waals surface area contributed by atoms with Crippen molar-refractivity contribution in [1.29, 1.82) is 0 Å². The van der Waals surface area contributed by atoms with E-state index in [0.29, 0.717) is 0 Å². The van der Waals surface area contributed by atoms with E-state index >= 15 is 0 Å².